The first-order valence-electron chi connectivity index (χ1n) is 24.0. The molecule has 0 saturated carbocycles. The second-order valence-corrected chi connectivity index (χ2v) is 14.6. The second-order valence-electron chi connectivity index (χ2n) is 14.6. The number of hydrogen-bond donors (Lipinski definition) is 0. The molecule has 10 aromatic rings. The normalized spacial score (nSPS) is 14.5. The summed E-state index contributed by atoms with van der Waals surface area (Å²) in [5.74, 6) is 1.52. The number of hydrogen-bond acceptors (Lipinski definition) is 2. The van der Waals surface area contributed by atoms with E-state index in [9.17, 15) is 1.37 Å². The zero-order chi connectivity index (χ0) is 48.1. The maximum atomic E-state index is 9.28. The summed E-state index contributed by atoms with van der Waals surface area (Å²) in [7, 11) is 0. The Morgan fingerprint density at radius 2 is 1.28 bits per heavy atom. The van der Waals surface area contributed by atoms with Gasteiger partial charge in [0.15, 0.2) is 0 Å². The van der Waals surface area contributed by atoms with Crippen LogP contribution in [0.15, 0.2) is 188 Å². The van der Waals surface area contributed by atoms with Gasteiger partial charge in [-0.05, 0) is 81.7 Å². The van der Waals surface area contributed by atoms with Crippen LogP contribution in [-0.2, 0) is 5.41 Å². The number of nitrogens with zero attached hydrogens (tertiary/aromatic N) is 4. The van der Waals surface area contributed by atoms with Crippen LogP contribution in [0.4, 0.5) is 0 Å². The Hall–Kier alpha value is -7.24. The SMILES string of the molecule is [2H]c1c(C(C)(C)C)ccnc1-n1c2ccccc2c2ccc(Oc3cccc(-n4[c-][n+](-c5c(-c6c([2H])c([2H])c([2H])c([2H])c6[2H])cccc5-c5c([2H])c([2H])c([2H])c([2H])c5[2H])c5ccccc54)c3)cc21. The third-order valence-corrected chi connectivity index (χ3v) is 10.0. The van der Waals surface area contributed by atoms with Crippen LogP contribution in [0.2, 0.25) is 0 Å². The molecule has 0 unspecified atom stereocenters. The van der Waals surface area contributed by atoms with Crippen molar-refractivity contribution >= 4 is 32.8 Å². The first kappa shape index (κ1) is 24.3. The number of benzene rings is 7. The predicted molar refractivity (Wildman–Crippen MR) is 232 cm³/mol. The lowest BCUT2D eigenvalue weighted by Crippen LogP contribution is -2.31. The number of rotatable bonds is 7. The van der Waals surface area contributed by atoms with Gasteiger partial charge in [-0.15, -0.1) is 0 Å². The van der Waals surface area contributed by atoms with Gasteiger partial charge in [0.25, 0.3) is 6.33 Å². The Morgan fingerprint density at radius 3 is 2.02 bits per heavy atom. The van der Waals surface area contributed by atoms with Crippen molar-refractivity contribution < 1.29 is 24.4 Å². The fourth-order valence-corrected chi connectivity index (χ4v) is 7.37. The van der Waals surface area contributed by atoms with Crippen LogP contribution in [0.1, 0.15) is 41.4 Å². The van der Waals surface area contributed by atoms with Gasteiger partial charge in [-0.25, -0.2) is 4.98 Å². The van der Waals surface area contributed by atoms with Crippen LogP contribution in [0, 0.1) is 6.33 Å². The molecule has 0 atom stereocenters. The van der Waals surface area contributed by atoms with E-state index in [-0.39, 0.29) is 33.4 Å². The summed E-state index contributed by atoms with van der Waals surface area (Å²) in [5, 5.41) is 1.97. The van der Waals surface area contributed by atoms with Gasteiger partial charge in [0.1, 0.15) is 17.3 Å². The van der Waals surface area contributed by atoms with E-state index in [1.165, 1.54) is 0 Å². The molecule has 0 saturated heterocycles. The van der Waals surface area contributed by atoms with Crippen molar-refractivity contribution in [3.63, 3.8) is 0 Å². The van der Waals surface area contributed by atoms with Gasteiger partial charge in [0, 0.05) is 23.0 Å². The summed E-state index contributed by atoms with van der Waals surface area (Å²) >= 11 is 0. The van der Waals surface area contributed by atoms with E-state index in [2.05, 4.69) is 33.2 Å². The minimum atomic E-state index is -0.572. The topological polar surface area (TPSA) is 35.9 Å². The molecule has 0 aliphatic carbocycles. The molecule has 5 nitrogen and oxygen atoms in total. The maximum absolute atomic E-state index is 9.28. The number of pyridine rings is 1. The van der Waals surface area contributed by atoms with Gasteiger partial charge in [-0.2, -0.15) is 0 Å². The zero-order valence-corrected chi connectivity index (χ0v) is 31.2. The fraction of sp³-hybridized carbons (Fsp3) is 0.0769. The van der Waals surface area contributed by atoms with Gasteiger partial charge < -0.3 is 4.74 Å². The molecule has 0 aliphatic rings. The van der Waals surface area contributed by atoms with Crippen molar-refractivity contribution in [3.8, 4) is 50.9 Å². The molecular weight excluding hydrogens is 697 g/mol. The molecule has 0 N–H and O–H groups in total. The quantitative estimate of drug-likeness (QED) is 0.120. The van der Waals surface area contributed by atoms with Crippen LogP contribution in [0.3, 0.4) is 0 Å². The highest BCUT2D eigenvalue weighted by atomic mass is 16.5. The molecule has 10 rings (SSSR count). The predicted octanol–water partition coefficient (Wildman–Crippen LogP) is 12.6. The lowest BCUT2D eigenvalue weighted by Gasteiger charge is -2.20. The van der Waals surface area contributed by atoms with Crippen molar-refractivity contribution in [2.24, 2.45) is 0 Å². The minimum absolute atomic E-state index is 0.138. The highest BCUT2D eigenvalue weighted by Crippen LogP contribution is 2.37. The number of fused-ring (bicyclic) bond motifs is 4. The summed E-state index contributed by atoms with van der Waals surface area (Å²) < 4.78 is 108. The average Bonchev–Trinajstić information content (AvgIpc) is 3.87. The summed E-state index contributed by atoms with van der Waals surface area (Å²) in [4.78, 5) is 4.73. The van der Waals surface area contributed by atoms with Crippen LogP contribution in [0.5, 0.6) is 11.5 Å². The first-order valence-corrected chi connectivity index (χ1v) is 18.5. The third kappa shape index (κ3) is 6.14. The molecule has 0 radical (unpaired) electrons. The Labute approximate surface area is 347 Å². The summed E-state index contributed by atoms with van der Waals surface area (Å²) in [5.41, 5.74) is 4.29. The van der Waals surface area contributed by atoms with E-state index in [4.69, 9.17) is 23.4 Å². The van der Waals surface area contributed by atoms with Crippen LogP contribution < -0.4 is 9.30 Å². The lowest BCUT2D eigenvalue weighted by atomic mass is 9.88. The Bertz CT molecular complexity index is 3600. The van der Waals surface area contributed by atoms with E-state index in [1.54, 1.807) is 33.5 Å². The first-order chi connectivity index (χ1) is 32.5. The Morgan fingerprint density at radius 1 is 0.632 bits per heavy atom. The van der Waals surface area contributed by atoms with Crippen molar-refractivity contribution in [3.05, 3.63) is 200 Å². The molecule has 3 aromatic heterocycles. The molecule has 5 heteroatoms. The van der Waals surface area contributed by atoms with Gasteiger partial charge in [0.2, 0.25) is 0 Å². The third-order valence-electron chi connectivity index (χ3n) is 10.0. The van der Waals surface area contributed by atoms with E-state index in [1.807, 2.05) is 95.6 Å². The summed E-state index contributed by atoms with van der Waals surface area (Å²) in [6.45, 7) is 6.24. The molecule has 274 valence electrons. The molecule has 0 aliphatic heterocycles. The van der Waals surface area contributed by atoms with Gasteiger partial charge >= 0.3 is 0 Å². The number of para-hydroxylation sites is 4. The second kappa shape index (κ2) is 13.8. The molecule has 57 heavy (non-hydrogen) atoms. The highest BCUT2D eigenvalue weighted by Gasteiger charge is 2.21. The molecule has 3 heterocycles. The van der Waals surface area contributed by atoms with Gasteiger partial charge in [-0.3, -0.25) is 13.7 Å². The van der Waals surface area contributed by atoms with E-state index in [0.717, 1.165) is 27.4 Å². The van der Waals surface area contributed by atoms with Crippen molar-refractivity contribution in [1.29, 1.82) is 0 Å². The molecule has 0 fully saturated rings. The van der Waals surface area contributed by atoms with Gasteiger partial charge in [0.05, 0.1) is 48.5 Å². The van der Waals surface area contributed by atoms with E-state index < -0.39 is 60.4 Å². The van der Waals surface area contributed by atoms with Crippen molar-refractivity contribution in [2.75, 3.05) is 0 Å². The Kier molecular flexibility index (Phi) is 5.89. The van der Waals surface area contributed by atoms with E-state index >= 15 is 0 Å². The molecule has 0 amide bonds. The lowest BCUT2D eigenvalue weighted by molar-refractivity contribution is -0.571. The molecule has 0 spiro atoms. The highest BCUT2D eigenvalue weighted by molar-refractivity contribution is 6.09. The summed E-state index contributed by atoms with van der Waals surface area (Å²) in [6, 6.07) is 30.3. The molecule has 0 bridgehead atoms. The smallest absolute Gasteiger partial charge is 0.269 e. The maximum Gasteiger partial charge on any atom is 0.269 e. The van der Waals surface area contributed by atoms with E-state index in [0.29, 0.717) is 40.1 Å². The fourth-order valence-electron chi connectivity index (χ4n) is 7.37. The number of aromatic nitrogens is 4. The van der Waals surface area contributed by atoms with Crippen LogP contribution in [0.25, 0.3) is 72.3 Å². The van der Waals surface area contributed by atoms with Crippen molar-refractivity contribution in [1.82, 2.24) is 14.1 Å². The molecular formula is C52H40N4O. The zero-order valence-electron chi connectivity index (χ0n) is 42.2. The van der Waals surface area contributed by atoms with Crippen LogP contribution >= 0.6 is 0 Å². The average molecular weight is 748 g/mol. The molecule has 7 aromatic carbocycles. The monoisotopic (exact) mass is 747 g/mol. The minimum Gasteiger partial charge on any atom is -0.458 e. The van der Waals surface area contributed by atoms with Crippen molar-refractivity contribution in [2.45, 2.75) is 26.2 Å². The number of ether oxygens (including phenoxy) is 1. The standard InChI is InChI=1S/C52H40N4O/c1-52(2,3)38-30-31-53-50(32-38)56-46-25-11-10-22-44(46)45-29-28-41(34-49(45)56)57-40-21-14-20-39(33-40)54-35-55(48-27-13-12-26-47(48)54)51-42(36-16-6-4-7-17-36)23-15-24-43(51)37-18-8-5-9-19-37/h4-34H,1-3H3/i4D,5D,6D,7D,8D,9D,16D,17D,18D,19D,32D. The van der Waals surface area contributed by atoms with Gasteiger partial charge in [-0.1, -0.05) is 148 Å². The number of imidazole rings is 1. The Balaban J connectivity index is 1.15. The van der Waals surface area contributed by atoms with Crippen LogP contribution in [-0.4, -0.2) is 14.1 Å². The summed E-state index contributed by atoms with van der Waals surface area (Å²) in [6.07, 6.45) is 5.17. The largest absolute Gasteiger partial charge is 0.458 e.